The molecule has 2 N–H and O–H groups in total. The Morgan fingerprint density at radius 2 is 2.05 bits per heavy atom. The highest BCUT2D eigenvalue weighted by molar-refractivity contribution is 6.07. The Morgan fingerprint density at radius 3 is 2.86 bits per heavy atom. The van der Waals surface area contributed by atoms with Crippen molar-refractivity contribution in [1.82, 2.24) is 4.98 Å². The summed E-state index contributed by atoms with van der Waals surface area (Å²) >= 11 is 0. The number of fused-ring (bicyclic) bond motifs is 1. The number of ether oxygens (including phenoxy) is 2. The summed E-state index contributed by atoms with van der Waals surface area (Å²) in [4.78, 5) is 16.7. The zero-order valence-electron chi connectivity index (χ0n) is 12.4. The predicted molar refractivity (Wildman–Crippen MR) is 83.5 cm³/mol. The minimum Gasteiger partial charge on any atom is -0.454 e. The van der Waals surface area contributed by atoms with Crippen LogP contribution in [0.5, 0.6) is 11.5 Å². The molecule has 0 fully saturated rings. The average Bonchev–Trinajstić information content (AvgIpc) is 2.94. The minimum absolute atomic E-state index is 0.187. The van der Waals surface area contributed by atoms with Crippen LogP contribution in [0, 0.1) is 0 Å². The summed E-state index contributed by atoms with van der Waals surface area (Å²) in [5.74, 6) is 1.65. The number of pyridine rings is 1. The summed E-state index contributed by atoms with van der Waals surface area (Å²) in [7, 11) is 0. The van der Waals surface area contributed by atoms with Crippen LogP contribution in [0.4, 0.5) is 11.5 Å². The second kappa shape index (κ2) is 5.93. The van der Waals surface area contributed by atoms with E-state index in [1.165, 1.54) is 0 Å². The molecule has 1 aromatic carbocycles. The number of hydrogen-bond donors (Lipinski definition) is 2. The van der Waals surface area contributed by atoms with Crippen LogP contribution in [0.3, 0.4) is 0 Å². The van der Waals surface area contributed by atoms with Gasteiger partial charge in [0, 0.05) is 24.0 Å². The summed E-state index contributed by atoms with van der Waals surface area (Å²) in [6.45, 7) is 4.19. The Morgan fingerprint density at radius 1 is 1.23 bits per heavy atom. The first kappa shape index (κ1) is 14.2. The lowest BCUT2D eigenvalue weighted by Crippen LogP contribution is -2.18. The zero-order chi connectivity index (χ0) is 15.5. The first-order chi connectivity index (χ1) is 10.6. The first-order valence-corrected chi connectivity index (χ1v) is 7.06. The maximum absolute atomic E-state index is 12.5. The maximum atomic E-state index is 12.5. The molecule has 22 heavy (non-hydrogen) atoms. The van der Waals surface area contributed by atoms with Gasteiger partial charge in [-0.15, -0.1) is 0 Å². The van der Waals surface area contributed by atoms with Crippen LogP contribution in [0.2, 0.25) is 0 Å². The number of aromatic nitrogens is 1. The van der Waals surface area contributed by atoms with Crippen LogP contribution in [0.25, 0.3) is 0 Å². The lowest BCUT2D eigenvalue weighted by atomic mass is 10.2. The molecule has 0 saturated heterocycles. The van der Waals surface area contributed by atoms with Crippen molar-refractivity contribution >= 4 is 17.4 Å². The Balaban J connectivity index is 1.80. The molecule has 0 saturated carbocycles. The van der Waals surface area contributed by atoms with Gasteiger partial charge in [0.15, 0.2) is 11.5 Å². The van der Waals surface area contributed by atoms with Gasteiger partial charge in [-0.1, -0.05) is 0 Å². The zero-order valence-corrected chi connectivity index (χ0v) is 12.4. The van der Waals surface area contributed by atoms with Gasteiger partial charge < -0.3 is 20.1 Å². The second-order valence-electron chi connectivity index (χ2n) is 5.22. The molecule has 0 aliphatic carbocycles. The van der Waals surface area contributed by atoms with E-state index in [1.54, 1.807) is 36.5 Å². The molecule has 2 aromatic rings. The third kappa shape index (κ3) is 2.95. The Bertz CT molecular complexity index is 701. The van der Waals surface area contributed by atoms with E-state index in [9.17, 15) is 4.79 Å². The van der Waals surface area contributed by atoms with Crippen molar-refractivity contribution in [2.75, 3.05) is 17.4 Å². The number of hydrogen-bond acceptors (Lipinski definition) is 5. The molecule has 3 rings (SSSR count). The summed E-state index contributed by atoms with van der Waals surface area (Å²) in [6.07, 6.45) is 1.65. The van der Waals surface area contributed by atoms with E-state index in [2.05, 4.69) is 15.6 Å². The van der Waals surface area contributed by atoms with E-state index in [-0.39, 0.29) is 18.7 Å². The lowest BCUT2D eigenvalue weighted by molar-refractivity contribution is 0.102. The SMILES string of the molecule is CC(C)Nc1ncccc1C(=O)Nc1ccc2c(c1)OCO2. The number of nitrogens with zero attached hydrogens (tertiary/aromatic N) is 1. The molecule has 1 amide bonds. The standard InChI is InChI=1S/C16H17N3O3/c1-10(2)18-15-12(4-3-7-17-15)16(20)19-11-5-6-13-14(8-11)22-9-21-13/h3-8,10H,9H2,1-2H3,(H,17,18)(H,19,20). The maximum Gasteiger partial charge on any atom is 0.259 e. The van der Waals surface area contributed by atoms with Gasteiger partial charge in [-0.25, -0.2) is 4.98 Å². The van der Waals surface area contributed by atoms with Crippen molar-refractivity contribution in [2.24, 2.45) is 0 Å². The Kier molecular flexibility index (Phi) is 3.82. The molecule has 1 aliphatic heterocycles. The first-order valence-electron chi connectivity index (χ1n) is 7.06. The molecule has 1 aromatic heterocycles. The van der Waals surface area contributed by atoms with Crippen LogP contribution < -0.4 is 20.1 Å². The van der Waals surface area contributed by atoms with Crippen molar-refractivity contribution in [3.05, 3.63) is 42.1 Å². The highest BCUT2D eigenvalue weighted by Gasteiger charge is 2.16. The summed E-state index contributed by atoms with van der Waals surface area (Å²) in [5.41, 5.74) is 1.14. The third-order valence-electron chi connectivity index (χ3n) is 3.11. The van der Waals surface area contributed by atoms with Crippen LogP contribution in [-0.4, -0.2) is 23.7 Å². The van der Waals surface area contributed by atoms with Crippen molar-refractivity contribution in [1.29, 1.82) is 0 Å². The Hall–Kier alpha value is -2.76. The molecule has 0 bridgehead atoms. The van der Waals surface area contributed by atoms with Crippen LogP contribution >= 0.6 is 0 Å². The number of anilines is 2. The monoisotopic (exact) mass is 299 g/mol. The Labute approximate surface area is 128 Å². The lowest BCUT2D eigenvalue weighted by Gasteiger charge is -2.13. The fourth-order valence-corrected chi connectivity index (χ4v) is 2.15. The molecule has 0 atom stereocenters. The number of carbonyl (C=O) groups excluding carboxylic acids is 1. The van der Waals surface area contributed by atoms with Crippen LogP contribution in [0.15, 0.2) is 36.5 Å². The van der Waals surface area contributed by atoms with Gasteiger partial charge in [0.25, 0.3) is 5.91 Å². The van der Waals surface area contributed by atoms with E-state index in [4.69, 9.17) is 9.47 Å². The van der Waals surface area contributed by atoms with Gasteiger partial charge in [-0.3, -0.25) is 4.79 Å². The number of rotatable bonds is 4. The molecule has 6 heteroatoms. The summed E-state index contributed by atoms with van der Waals surface area (Å²) < 4.78 is 10.6. The van der Waals surface area contributed by atoms with Gasteiger partial charge in [-0.2, -0.15) is 0 Å². The normalized spacial score (nSPS) is 12.3. The molecule has 1 aliphatic rings. The van der Waals surface area contributed by atoms with Crippen molar-refractivity contribution in [3.8, 4) is 11.5 Å². The van der Waals surface area contributed by atoms with Gasteiger partial charge >= 0.3 is 0 Å². The molecule has 114 valence electrons. The van der Waals surface area contributed by atoms with Crippen molar-refractivity contribution < 1.29 is 14.3 Å². The predicted octanol–water partition coefficient (Wildman–Crippen LogP) is 2.88. The summed E-state index contributed by atoms with van der Waals surface area (Å²) in [6, 6.07) is 8.95. The topological polar surface area (TPSA) is 72.5 Å². The fraction of sp³-hybridized carbons (Fsp3) is 0.250. The van der Waals surface area contributed by atoms with Gasteiger partial charge in [0.1, 0.15) is 5.82 Å². The largest absolute Gasteiger partial charge is 0.454 e. The second-order valence-corrected chi connectivity index (χ2v) is 5.22. The molecule has 0 radical (unpaired) electrons. The quantitative estimate of drug-likeness (QED) is 0.908. The van der Waals surface area contributed by atoms with E-state index in [0.717, 1.165) is 0 Å². The highest BCUT2D eigenvalue weighted by Crippen LogP contribution is 2.34. The molecule has 0 unspecified atom stereocenters. The molecule has 2 heterocycles. The number of carbonyl (C=O) groups is 1. The molecular formula is C16H17N3O3. The van der Waals surface area contributed by atoms with Gasteiger partial charge in [-0.05, 0) is 38.1 Å². The van der Waals surface area contributed by atoms with E-state index < -0.39 is 0 Å². The van der Waals surface area contributed by atoms with E-state index in [1.807, 2.05) is 13.8 Å². The van der Waals surface area contributed by atoms with Crippen molar-refractivity contribution in [3.63, 3.8) is 0 Å². The smallest absolute Gasteiger partial charge is 0.259 e. The van der Waals surface area contributed by atoms with Crippen molar-refractivity contribution in [2.45, 2.75) is 19.9 Å². The van der Waals surface area contributed by atoms with Crippen LogP contribution in [0.1, 0.15) is 24.2 Å². The number of nitrogens with one attached hydrogen (secondary N) is 2. The summed E-state index contributed by atoms with van der Waals surface area (Å²) in [5, 5.41) is 6.01. The van der Waals surface area contributed by atoms with E-state index >= 15 is 0 Å². The number of benzene rings is 1. The molecular weight excluding hydrogens is 282 g/mol. The van der Waals surface area contributed by atoms with Gasteiger partial charge in [0.05, 0.1) is 5.56 Å². The third-order valence-corrected chi connectivity index (χ3v) is 3.11. The van der Waals surface area contributed by atoms with E-state index in [0.29, 0.717) is 28.6 Å². The highest BCUT2D eigenvalue weighted by atomic mass is 16.7. The fourth-order valence-electron chi connectivity index (χ4n) is 2.15. The average molecular weight is 299 g/mol. The molecule has 0 spiro atoms. The van der Waals surface area contributed by atoms with Crippen LogP contribution in [-0.2, 0) is 0 Å². The molecule has 6 nitrogen and oxygen atoms in total. The minimum atomic E-state index is -0.227. The number of amides is 1. The van der Waals surface area contributed by atoms with Gasteiger partial charge in [0.2, 0.25) is 6.79 Å².